The third-order valence-corrected chi connectivity index (χ3v) is 2.50. The topological polar surface area (TPSA) is 52.6 Å². The first kappa shape index (κ1) is 10.0. The molecule has 1 fully saturated rings. The molecular weight excluding hydrogens is 172 g/mol. The van der Waals surface area contributed by atoms with E-state index in [4.69, 9.17) is 0 Å². The molecule has 1 aliphatic carbocycles. The van der Waals surface area contributed by atoms with Crippen LogP contribution in [0.25, 0.3) is 0 Å². The van der Waals surface area contributed by atoms with Crippen molar-refractivity contribution in [3.8, 4) is 0 Å². The molecule has 0 radical (unpaired) electrons. The molecule has 1 saturated carbocycles. The number of carbonyl (C=O) groups is 2. The predicted octanol–water partition coefficient (Wildman–Crippen LogP) is 0.749. The van der Waals surface area contributed by atoms with Gasteiger partial charge in [-0.1, -0.05) is 0 Å². The smallest absolute Gasteiger partial charge is 0.308 e. The van der Waals surface area contributed by atoms with Crippen molar-refractivity contribution < 1.29 is 19.1 Å². The lowest BCUT2D eigenvalue weighted by Crippen LogP contribution is -2.16. The van der Waals surface area contributed by atoms with E-state index in [0.717, 1.165) is 12.8 Å². The Morgan fingerprint density at radius 3 is 1.69 bits per heavy atom. The molecule has 0 amide bonds. The van der Waals surface area contributed by atoms with Gasteiger partial charge in [0.2, 0.25) is 0 Å². The fourth-order valence-electron chi connectivity index (χ4n) is 1.74. The summed E-state index contributed by atoms with van der Waals surface area (Å²) in [6.45, 7) is 0. The lowest BCUT2D eigenvalue weighted by Gasteiger charge is -2.07. The summed E-state index contributed by atoms with van der Waals surface area (Å²) >= 11 is 0. The zero-order chi connectivity index (χ0) is 9.84. The molecule has 0 spiro atoms. The van der Waals surface area contributed by atoms with Crippen molar-refractivity contribution in [2.45, 2.75) is 19.3 Å². The van der Waals surface area contributed by atoms with Gasteiger partial charge in [-0.25, -0.2) is 0 Å². The summed E-state index contributed by atoms with van der Waals surface area (Å²) in [5.41, 5.74) is 0. The van der Waals surface area contributed by atoms with Crippen molar-refractivity contribution >= 4 is 11.9 Å². The average Bonchev–Trinajstić information content (AvgIpc) is 2.64. The molecule has 74 valence electrons. The van der Waals surface area contributed by atoms with Crippen molar-refractivity contribution in [1.82, 2.24) is 0 Å². The SMILES string of the molecule is COC(=O)[C@@H]1CC[C@@H](C(=O)OC)C1. The van der Waals surface area contributed by atoms with Gasteiger partial charge in [0.15, 0.2) is 0 Å². The van der Waals surface area contributed by atoms with E-state index in [0.29, 0.717) is 6.42 Å². The van der Waals surface area contributed by atoms with Crippen LogP contribution in [0.1, 0.15) is 19.3 Å². The lowest BCUT2D eigenvalue weighted by molar-refractivity contribution is -0.146. The van der Waals surface area contributed by atoms with Gasteiger partial charge in [-0.05, 0) is 19.3 Å². The van der Waals surface area contributed by atoms with Crippen LogP contribution in [0.4, 0.5) is 0 Å². The van der Waals surface area contributed by atoms with Crippen LogP contribution in [-0.2, 0) is 19.1 Å². The van der Waals surface area contributed by atoms with Crippen molar-refractivity contribution in [2.24, 2.45) is 11.8 Å². The second-order valence-electron chi connectivity index (χ2n) is 3.25. The Morgan fingerprint density at radius 2 is 1.38 bits per heavy atom. The summed E-state index contributed by atoms with van der Waals surface area (Å²) in [6, 6.07) is 0. The van der Waals surface area contributed by atoms with Crippen LogP contribution in [0.2, 0.25) is 0 Å². The molecule has 0 saturated heterocycles. The zero-order valence-corrected chi connectivity index (χ0v) is 7.91. The Morgan fingerprint density at radius 1 is 1.00 bits per heavy atom. The van der Waals surface area contributed by atoms with Crippen LogP contribution < -0.4 is 0 Å². The van der Waals surface area contributed by atoms with Crippen molar-refractivity contribution in [1.29, 1.82) is 0 Å². The lowest BCUT2D eigenvalue weighted by atomic mass is 10.1. The Bertz CT molecular complexity index is 190. The predicted molar refractivity (Wildman–Crippen MR) is 44.9 cm³/mol. The molecule has 0 aromatic carbocycles. The zero-order valence-electron chi connectivity index (χ0n) is 7.91. The van der Waals surface area contributed by atoms with Gasteiger partial charge in [-0.2, -0.15) is 0 Å². The highest BCUT2D eigenvalue weighted by Gasteiger charge is 2.34. The molecule has 2 atom stereocenters. The fourth-order valence-corrected chi connectivity index (χ4v) is 1.74. The van der Waals surface area contributed by atoms with Crippen molar-refractivity contribution in [3.63, 3.8) is 0 Å². The highest BCUT2D eigenvalue weighted by Crippen LogP contribution is 2.32. The second-order valence-corrected chi connectivity index (χ2v) is 3.25. The first-order chi connectivity index (χ1) is 6.19. The maximum absolute atomic E-state index is 11.1. The summed E-state index contributed by atoms with van der Waals surface area (Å²) in [4.78, 5) is 22.2. The maximum Gasteiger partial charge on any atom is 0.308 e. The summed E-state index contributed by atoms with van der Waals surface area (Å²) in [7, 11) is 2.74. The third-order valence-electron chi connectivity index (χ3n) is 2.50. The molecule has 1 rings (SSSR count). The fraction of sp³-hybridized carbons (Fsp3) is 0.778. The number of carbonyl (C=O) groups excluding carboxylic acids is 2. The van der Waals surface area contributed by atoms with Crippen LogP contribution in [0.5, 0.6) is 0 Å². The second kappa shape index (κ2) is 4.25. The number of methoxy groups -OCH3 is 2. The van der Waals surface area contributed by atoms with Crippen molar-refractivity contribution in [2.75, 3.05) is 14.2 Å². The highest BCUT2D eigenvalue weighted by molar-refractivity contribution is 5.77. The van der Waals surface area contributed by atoms with Crippen LogP contribution in [-0.4, -0.2) is 26.2 Å². The molecule has 0 unspecified atom stereocenters. The molecule has 0 aromatic rings. The van der Waals surface area contributed by atoms with E-state index < -0.39 is 0 Å². The average molecular weight is 186 g/mol. The molecular formula is C9H14O4. The van der Waals surface area contributed by atoms with Gasteiger partial charge in [0.05, 0.1) is 26.1 Å². The van der Waals surface area contributed by atoms with Gasteiger partial charge in [0.25, 0.3) is 0 Å². The minimum absolute atomic E-state index is 0.117. The highest BCUT2D eigenvalue weighted by atomic mass is 16.5. The molecule has 0 aliphatic heterocycles. The van der Waals surface area contributed by atoms with Crippen LogP contribution >= 0.6 is 0 Å². The molecule has 4 heteroatoms. The van der Waals surface area contributed by atoms with E-state index in [2.05, 4.69) is 9.47 Å². The number of hydrogen-bond donors (Lipinski definition) is 0. The van der Waals surface area contributed by atoms with Crippen molar-refractivity contribution in [3.05, 3.63) is 0 Å². The Kier molecular flexibility index (Phi) is 3.28. The van der Waals surface area contributed by atoms with E-state index in [1.807, 2.05) is 0 Å². The number of esters is 2. The molecule has 0 aromatic heterocycles. The number of hydrogen-bond acceptors (Lipinski definition) is 4. The van der Waals surface area contributed by atoms with Crippen LogP contribution in [0.3, 0.4) is 0 Å². The Balaban J connectivity index is 2.44. The van der Waals surface area contributed by atoms with E-state index in [-0.39, 0.29) is 23.8 Å². The molecule has 0 heterocycles. The summed E-state index contributed by atoms with van der Waals surface area (Å²) in [6.07, 6.45) is 2.03. The van der Waals surface area contributed by atoms with Gasteiger partial charge in [-0.15, -0.1) is 0 Å². The van der Waals surface area contributed by atoms with Gasteiger partial charge in [0.1, 0.15) is 0 Å². The largest absolute Gasteiger partial charge is 0.469 e. The standard InChI is InChI=1S/C9H14O4/c1-12-8(10)6-3-4-7(5-6)9(11)13-2/h6-7H,3-5H2,1-2H3/t6-,7-/m1/s1. The van der Waals surface area contributed by atoms with Gasteiger partial charge < -0.3 is 9.47 Å². The minimum Gasteiger partial charge on any atom is -0.469 e. The summed E-state index contributed by atoms with van der Waals surface area (Å²) in [5.74, 6) is -0.666. The third kappa shape index (κ3) is 2.20. The molecule has 0 bridgehead atoms. The molecule has 13 heavy (non-hydrogen) atoms. The monoisotopic (exact) mass is 186 g/mol. The molecule has 0 N–H and O–H groups in total. The summed E-state index contributed by atoms with van der Waals surface area (Å²) in [5, 5.41) is 0. The van der Waals surface area contributed by atoms with E-state index >= 15 is 0 Å². The normalized spacial score (nSPS) is 26.9. The minimum atomic E-state index is -0.216. The number of ether oxygens (including phenoxy) is 2. The maximum atomic E-state index is 11.1. The Hall–Kier alpha value is -1.06. The first-order valence-corrected chi connectivity index (χ1v) is 4.34. The Labute approximate surface area is 77.2 Å². The van der Waals surface area contributed by atoms with Crippen LogP contribution in [0.15, 0.2) is 0 Å². The van der Waals surface area contributed by atoms with E-state index in [1.54, 1.807) is 0 Å². The first-order valence-electron chi connectivity index (χ1n) is 4.34. The van der Waals surface area contributed by atoms with Crippen LogP contribution in [0, 0.1) is 11.8 Å². The molecule has 1 aliphatic rings. The number of rotatable bonds is 2. The summed E-state index contributed by atoms with van der Waals surface area (Å²) < 4.78 is 9.21. The van der Waals surface area contributed by atoms with Gasteiger partial charge in [0, 0.05) is 0 Å². The quantitative estimate of drug-likeness (QED) is 0.597. The molecule has 4 nitrogen and oxygen atoms in total. The van der Waals surface area contributed by atoms with Gasteiger partial charge >= 0.3 is 11.9 Å². The van der Waals surface area contributed by atoms with Gasteiger partial charge in [-0.3, -0.25) is 9.59 Å². The van der Waals surface area contributed by atoms with E-state index in [9.17, 15) is 9.59 Å². The van der Waals surface area contributed by atoms with E-state index in [1.165, 1.54) is 14.2 Å².